The number of aliphatic hydroxyl groups excluding tert-OH is 1. The van der Waals surface area contributed by atoms with Gasteiger partial charge < -0.3 is 5.11 Å². The molecule has 3 heteroatoms. The molecule has 1 aromatic carbocycles. The van der Waals surface area contributed by atoms with Crippen LogP contribution in [0, 0.1) is 5.82 Å². The zero-order valence-electron chi connectivity index (χ0n) is 7.43. The van der Waals surface area contributed by atoms with Crippen LogP contribution in [0.3, 0.4) is 0 Å². The first-order valence-corrected chi connectivity index (χ1v) is 5.04. The van der Waals surface area contributed by atoms with Gasteiger partial charge in [-0.2, -0.15) is 0 Å². The molecule has 0 amide bonds. The van der Waals surface area contributed by atoms with Crippen molar-refractivity contribution in [2.45, 2.75) is 25.9 Å². The molecule has 1 nitrogen and oxygen atoms in total. The molecule has 0 fully saturated rings. The van der Waals surface area contributed by atoms with Crippen LogP contribution in [0.4, 0.5) is 4.39 Å². The van der Waals surface area contributed by atoms with Crippen LogP contribution in [0.5, 0.6) is 0 Å². The third-order valence-electron chi connectivity index (χ3n) is 1.94. The summed E-state index contributed by atoms with van der Waals surface area (Å²) in [5, 5.41) is 9.39. The molecule has 0 aliphatic rings. The fourth-order valence-corrected chi connectivity index (χ4v) is 1.60. The first-order chi connectivity index (χ1) is 6.13. The first kappa shape index (κ1) is 10.7. The van der Waals surface area contributed by atoms with Gasteiger partial charge in [-0.25, -0.2) is 4.39 Å². The van der Waals surface area contributed by atoms with Crippen LogP contribution in [0.2, 0.25) is 0 Å². The maximum atomic E-state index is 12.7. The number of benzene rings is 1. The maximum absolute atomic E-state index is 12.7. The van der Waals surface area contributed by atoms with Crippen LogP contribution in [-0.4, -0.2) is 11.2 Å². The Hall–Kier alpha value is -0.410. The quantitative estimate of drug-likeness (QED) is 0.870. The number of halogens is 2. The average molecular weight is 247 g/mol. The van der Waals surface area contributed by atoms with Gasteiger partial charge in [-0.1, -0.05) is 28.9 Å². The Labute approximate surface area is 85.7 Å². The molecule has 0 aliphatic carbocycles. The molecule has 0 aliphatic heterocycles. The van der Waals surface area contributed by atoms with Crippen LogP contribution in [0.15, 0.2) is 22.7 Å². The molecule has 72 valence electrons. The van der Waals surface area contributed by atoms with Gasteiger partial charge >= 0.3 is 0 Å². The largest absolute Gasteiger partial charge is 0.393 e. The van der Waals surface area contributed by atoms with E-state index in [4.69, 9.17) is 0 Å². The molecule has 1 unspecified atom stereocenters. The molecule has 0 spiro atoms. The highest BCUT2D eigenvalue weighted by Gasteiger charge is 2.06. The molecule has 0 saturated carbocycles. The average Bonchev–Trinajstić information content (AvgIpc) is 2.09. The van der Waals surface area contributed by atoms with Gasteiger partial charge in [0, 0.05) is 4.47 Å². The Morgan fingerprint density at radius 1 is 1.54 bits per heavy atom. The van der Waals surface area contributed by atoms with Crippen LogP contribution in [0.1, 0.15) is 18.9 Å². The zero-order chi connectivity index (χ0) is 9.84. The summed E-state index contributed by atoms with van der Waals surface area (Å²) in [4.78, 5) is 0. The molecular weight excluding hydrogens is 235 g/mol. The molecule has 13 heavy (non-hydrogen) atoms. The standard InChI is InChI=1S/C10H12BrFO/c1-2-9(13)5-7-3-4-8(12)6-10(7)11/h3-4,6,9,13H,2,5H2,1H3. The second-order valence-corrected chi connectivity index (χ2v) is 3.86. The molecule has 0 bridgehead atoms. The van der Waals surface area contributed by atoms with Crippen molar-refractivity contribution in [3.05, 3.63) is 34.1 Å². The van der Waals surface area contributed by atoms with E-state index in [0.29, 0.717) is 12.8 Å². The monoisotopic (exact) mass is 246 g/mol. The molecule has 1 atom stereocenters. The maximum Gasteiger partial charge on any atom is 0.124 e. The van der Waals surface area contributed by atoms with Crippen molar-refractivity contribution in [1.82, 2.24) is 0 Å². The Balaban J connectivity index is 2.77. The minimum atomic E-state index is -0.346. The van der Waals surface area contributed by atoms with E-state index in [1.807, 2.05) is 6.92 Å². The van der Waals surface area contributed by atoms with Gasteiger partial charge in [0.05, 0.1) is 6.10 Å². The summed E-state index contributed by atoms with van der Waals surface area (Å²) in [6, 6.07) is 4.51. The molecule has 1 rings (SSSR count). The Bertz CT molecular complexity index is 288. The van der Waals surface area contributed by atoms with E-state index in [-0.39, 0.29) is 11.9 Å². The molecule has 1 aromatic rings. The Morgan fingerprint density at radius 2 is 2.23 bits per heavy atom. The van der Waals surface area contributed by atoms with E-state index < -0.39 is 0 Å². The number of aliphatic hydroxyl groups is 1. The van der Waals surface area contributed by atoms with Gasteiger partial charge in [-0.15, -0.1) is 0 Å². The SMILES string of the molecule is CCC(O)Cc1ccc(F)cc1Br. The van der Waals surface area contributed by atoms with E-state index in [1.165, 1.54) is 12.1 Å². The highest BCUT2D eigenvalue weighted by atomic mass is 79.9. The first-order valence-electron chi connectivity index (χ1n) is 4.25. The molecular formula is C10H12BrFO. The fraction of sp³-hybridized carbons (Fsp3) is 0.400. The number of rotatable bonds is 3. The molecule has 0 radical (unpaired) electrons. The molecule has 0 saturated heterocycles. The summed E-state index contributed by atoms with van der Waals surface area (Å²) in [7, 11) is 0. The van der Waals surface area contributed by atoms with E-state index in [1.54, 1.807) is 6.07 Å². The summed E-state index contributed by atoms with van der Waals surface area (Å²) in [5.74, 6) is -0.262. The third-order valence-corrected chi connectivity index (χ3v) is 2.68. The van der Waals surface area contributed by atoms with E-state index in [2.05, 4.69) is 15.9 Å². The summed E-state index contributed by atoms with van der Waals surface area (Å²) >= 11 is 3.25. The normalized spacial score (nSPS) is 12.9. The number of hydrogen-bond donors (Lipinski definition) is 1. The van der Waals surface area contributed by atoms with Gasteiger partial charge in [0.1, 0.15) is 5.82 Å². The fourth-order valence-electron chi connectivity index (χ4n) is 1.09. The predicted molar refractivity (Wildman–Crippen MR) is 54.1 cm³/mol. The Morgan fingerprint density at radius 3 is 2.77 bits per heavy atom. The summed E-state index contributed by atoms with van der Waals surface area (Å²) in [6.45, 7) is 1.92. The topological polar surface area (TPSA) is 20.2 Å². The van der Waals surface area contributed by atoms with Gasteiger partial charge in [0.2, 0.25) is 0 Å². The van der Waals surface area contributed by atoms with Crippen LogP contribution in [0.25, 0.3) is 0 Å². The van der Waals surface area contributed by atoms with Crippen molar-refractivity contribution in [3.63, 3.8) is 0 Å². The van der Waals surface area contributed by atoms with Gasteiger partial charge in [-0.3, -0.25) is 0 Å². The highest BCUT2D eigenvalue weighted by Crippen LogP contribution is 2.19. The van der Waals surface area contributed by atoms with Crippen molar-refractivity contribution in [1.29, 1.82) is 0 Å². The lowest BCUT2D eigenvalue weighted by atomic mass is 10.1. The van der Waals surface area contributed by atoms with E-state index in [9.17, 15) is 9.50 Å². The van der Waals surface area contributed by atoms with Gasteiger partial charge in [-0.05, 0) is 30.5 Å². The third kappa shape index (κ3) is 3.08. The lowest BCUT2D eigenvalue weighted by molar-refractivity contribution is 0.170. The van der Waals surface area contributed by atoms with Crippen LogP contribution >= 0.6 is 15.9 Å². The molecule has 1 N–H and O–H groups in total. The van der Waals surface area contributed by atoms with Crippen molar-refractivity contribution < 1.29 is 9.50 Å². The van der Waals surface area contributed by atoms with Crippen molar-refractivity contribution >= 4 is 15.9 Å². The molecule has 0 aromatic heterocycles. The molecule has 0 heterocycles. The van der Waals surface area contributed by atoms with Gasteiger partial charge in [0.15, 0.2) is 0 Å². The summed E-state index contributed by atoms with van der Waals surface area (Å²) in [5.41, 5.74) is 0.941. The van der Waals surface area contributed by atoms with Crippen molar-refractivity contribution in [2.75, 3.05) is 0 Å². The second kappa shape index (κ2) is 4.72. The summed E-state index contributed by atoms with van der Waals surface area (Å²) < 4.78 is 13.4. The summed E-state index contributed by atoms with van der Waals surface area (Å²) in [6.07, 6.45) is 0.933. The minimum absolute atomic E-state index is 0.262. The Kier molecular flexibility index (Phi) is 3.88. The van der Waals surface area contributed by atoms with Crippen LogP contribution in [-0.2, 0) is 6.42 Å². The van der Waals surface area contributed by atoms with E-state index >= 15 is 0 Å². The lowest BCUT2D eigenvalue weighted by Gasteiger charge is -2.09. The minimum Gasteiger partial charge on any atom is -0.393 e. The van der Waals surface area contributed by atoms with Crippen LogP contribution < -0.4 is 0 Å². The highest BCUT2D eigenvalue weighted by molar-refractivity contribution is 9.10. The van der Waals surface area contributed by atoms with Crippen molar-refractivity contribution in [2.24, 2.45) is 0 Å². The van der Waals surface area contributed by atoms with E-state index in [0.717, 1.165) is 10.0 Å². The van der Waals surface area contributed by atoms with Gasteiger partial charge in [0.25, 0.3) is 0 Å². The van der Waals surface area contributed by atoms with Crippen molar-refractivity contribution in [3.8, 4) is 0 Å². The zero-order valence-corrected chi connectivity index (χ0v) is 9.01. The predicted octanol–water partition coefficient (Wildman–Crippen LogP) is 2.90. The number of hydrogen-bond acceptors (Lipinski definition) is 1. The lowest BCUT2D eigenvalue weighted by Crippen LogP contribution is -2.08. The second-order valence-electron chi connectivity index (χ2n) is 3.00. The smallest absolute Gasteiger partial charge is 0.124 e.